The maximum absolute atomic E-state index is 12.8. The summed E-state index contributed by atoms with van der Waals surface area (Å²) in [6.45, 7) is 9.45. The van der Waals surface area contributed by atoms with E-state index in [2.05, 4.69) is 36.3 Å². The predicted molar refractivity (Wildman–Crippen MR) is 112 cm³/mol. The molecule has 156 valence electrons. The lowest BCUT2D eigenvalue weighted by molar-refractivity contribution is -0.139. The molecular weight excluding hydrogens is 366 g/mol. The molecule has 0 unspecified atom stereocenters. The smallest absolute Gasteiger partial charge is 0.342 e. The lowest BCUT2D eigenvalue weighted by Gasteiger charge is -2.24. The fourth-order valence-electron chi connectivity index (χ4n) is 3.83. The lowest BCUT2D eigenvalue weighted by atomic mass is 10.1. The van der Waals surface area contributed by atoms with Gasteiger partial charge in [0.25, 0.3) is 5.91 Å². The van der Waals surface area contributed by atoms with Crippen LogP contribution in [0.1, 0.15) is 65.5 Å². The van der Waals surface area contributed by atoms with E-state index in [-0.39, 0.29) is 5.91 Å². The minimum atomic E-state index is -0.792. The normalized spacial score (nSPS) is 15.7. The second kappa shape index (κ2) is 9.25. The van der Waals surface area contributed by atoms with Crippen molar-refractivity contribution in [1.82, 2.24) is 14.7 Å². The summed E-state index contributed by atoms with van der Waals surface area (Å²) in [5.74, 6) is -0.589. The molecule has 1 saturated heterocycles. The van der Waals surface area contributed by atoms with Gasteiger partial charge in [-0.1, -0.05) is 42.7 Å². The number of ether oxygens (including phenoxy) is 1. The monoisotopic (exact) mass is 397 g/mol. The molecule has 6 nitrogen and oxygen atoms in total. The number of nitrogens with zero attached hydrogens (tertiary/aromatic N) is 3. The van der Waals surface area contributed by atoms with Crippen molar-refractivity contribution < 1.29 is 14.3 Å². The molecule has 0 spiro atoms. The average molecular weight is 398 g/mol. The van der Waals surface area contributed by atoms with E-state index in [1.165, 1.54) is 5.56 Å². The predicted octanol–water partition coefficient (Wildman–Crippen LogP) is 3.80. The number of esters is 1. The SMILES string of the molecule is Cc1ccc(Cn2nc(C)c(C(=O)O[C@@H](C)C(=O)N3CCCCCC3)c2C)cc1. The zero-order valence-electron chi connectivity index (χ0n) is 17.9. The Balaban J connectivity index is 1.69. The van der Waals surface area contributed by atoms with Crippen molar-refractivity contribution in [3.05, 3.63) is 52.3 Å². The third-order valence-electron chi connectivity index (χ3n) is 5.59. The summed E-state index contributed by atoms with van der Waals surface area (Å²) in [5, 5.41) is 4.52. The number of rotatable bonds is 5. The summed E-state index contributed by atoms with van der Waals surface area (Å²) in [6, 6.07) is 8.25. The highest BCUT2D eigenvalue weighted by Gasteiger charge is 2.27. The molecule has 6 heteroatoms. The first kappa shape index (κ1) is 21.1. The first-order chi connectivity index (χ1) is 13.9. The van der Waals surface area contributed by atoms with Crippen LogP contribution in [0.5, 0.6) is 0 Å². The summed E-state index contributed by atoms with van der Waals surface area (Å²) >= 11 is 0. The Hall–Kier alpha value is -2.63. The second-order valence-corrected chi connectivity index (χ2v) is 7.98. The maximum atomic E-state index is 12.8. The summed E-state index contributed by atoms with van der Waals surface area (Å²) in [6.07, 6.45) is 3.53. The van der Waals surface area contributed by atoms with Gasteiger partial charge in [0.15, 0.2) is 6.10 Å². The van der Waals surface area contributed by atoms with Crippen molar-refractivity contribution in [2.24, 2.45) is 0 Å². The van der Waals surface area contributed by atoms with E-state index >= 15 is 0 Å². The molecule has 1 aliphatic rings. The van der Waals surface area contributed by atoms with Gasteiger partial charge in [0.2, 0.25) is 0 Å². The number of benzene rings is 1. The van der Waals surface area contributed by atoms with Crippen LogP contribution in [0.25, 0.3) is 0 Å². The van der Waals surface area contributed by atoms with E-state index in [9.17, 15) is 9.59 Å². The van der Waals surface area contributed by atoms with Gasteiger partial charge in [-0.05, 0) is 46.1 Å². The van der Waals surface area contributed by atoms with Crippen molar-refractivity contribution in [2.45, 2.75) is 66.0 Å². The number of aryl methyl sites for hydroxylation is 2. The van der Waals surface area contributed by atoms with Gasteiger partial charge in [-0.15, -0.1) is 0 Å². The number of aromatic nitrogens is 2. The van der Waals surface area contributed by atoms with Gasteiger partial charge in [-0.3, -0.25) is 9.48 Å². The van der Waals surface area contributed by atoms with Crippen molar-refractivity contribution in [3.63, 3.8) is 0 Å². The molecule has 0 N–H and O–H groups in total. The fourth-order valence-corrected chi connectivity index (χ4v) is 3.83. The fraction of sp³-hybridized carbons (Fsp3) is 0.522. The minimum Gasteiger partial charge on any atom is -0.449 e. The number of carbonyl (C=O) groups is 2. The molecule has 1 amide bonds. The van der Waals surface area contributed by atoms with Gasteiger partial charge in [0, 0.05) is 13.1 Å². The van der Waals surface area contributed by atoms with E-state index in [1.54, 1.807) is 13.8 Å². The van der Waals surface area contributed by atoms with Crippen LogP contribution in [0.4, 0.5) is 0 Å². The molecule has 1 atom stereocenters. The third-order valence-corrected chi connectivity index (χ3v) is 5.59. The Labute approximate surface area is 172 Å². The van der Waals surface area contributed by atoms with E-state index < -0.39 is 12.1 Å². The van der Waals surface area contributed by atoms with Crippen molar-refractivity contribution in [3.8, 4) is 0 Å². The molecule has 3 rings (SSSR count). The summed E-state index contributed by atoms with van der Waals surface area (Å²) in [5.41, 5.74) is 4.14. The highest BCUT2D eigenvalue weighted by atomic mass is 16.5. The van der Waals surface area contributed by atoms with E-state index in [1.807, 2.05) is 16.5 Å². The molecule has 0 saturated carbocycles. The van der Waals surface area contributed by atoms with Crippen LogP contribution in [0.2, 0.25) is 0 Å². The van der Waals surface area contributed by atoms with Crippen molar-refractivity contribution >= 4 is 11.9 Å². The molecule has 1 aliphatic heterocycles. The number of carbonyl (C=O) groups excluding carboxylic acids is 2. The Kier molecular flexibility index (Phi) is 6.72. The highest BCUT2D eigenvalue weighted by Crippen LogP contribution is 2.18. The third kappa shape index (κ3) is 5.05. The summed E-state index contributed by atoms with van der Waals surface area (Å²) in [7, 11) is 0. The van der Waals surface area contributed by atoms with Crippen LogP contribution in [-0.2, 0) is 16.1 Å². The topological polar surface area (TPSA) is 64.4 Å². The first-order valence-electron chi connectivity index (χ1n) is 10.5. The molecule has 2 heterocycles. The van der Waals surface area contributed by atoms with Crippen LogP contribution < -0.4 is 0 Å². The molecule has 0 radical (unpaired) electrons. The minimum absolute atomic E-state index is 0.109. The van der Waals surface area contributed by atoms with Gasteiger partial charge in [0.1, 0.15) is 5.56 Å². The molecule has 0 aliphatic carbocycles. The molecule has 1 aromatic heterocycles. The van der Waals surface area contributed by atoms with Crippen molar-refractivity contribution in [1.29, 1.82) is 0 Å². The maximum Gasteiger partial charge on any atom is 0.342 e. The van der Waals surface area contributed by atoms with E-state index in [4.69, 9.17) is 4.74 Å². The summed E-state index contributed by atoms with van der Waals surface area (Å²) < 4.78 is 7.37. The number of likely N-dealkylation sites (tertiary alicyclic amines) is 1. The molecule has 0 bridgehead atoms. The highest BCUT2D eigenvalue weighted by molar-refractivity contribution is 5.94. The number of hydrogen-bond donors (Lipinski definition) is 0. The number of amides is 1. The van der Waals surface area contributed by atoms with Crippen LogP contribution in [-0.4, -0.2) is 45.8 Å². The second-order valence-electron chi connectivity index (χ2n) is 7.98. The van der Waals surface area contributed by atoms with Crippen LogP contribution >= 0.6 is 0 Å². The average Bonchev–Trinajstić information content (AvgIpc) is 2.87. The molecule has 1 fully saturated rings. The van der Waals surface area contributed by atoms with Gasteiger partial charge in [0.05, 0.1) is 17.9 Å². The van der Waals surface area contributed by atoms with E-state index in [0.717, 1.165) is 50.0 Å². The first-order valence-corrected chi connectivity index (χ1v) is 10.5. The van der Waals surface area contributed by atoms with E-state index in [0.29, 0.717) is 17.8 Å². The Morgan fingerprint density at radius 1 is 1.03 bits per heavy atom. The van der Waals surface area contributed by atoms with Crippen LogP contribution in [0.15, 0.2) is 24.3 Å². The number of hydrogen-bond acceptors (Lipinski definition) is 4. The zero-order valence-corrected chi connectivity index (χ0v) is 17.9. The quantitative estimate of drug-likeness (QED) is 0.720. The molecule has 29 heavy (non-hydrogen) atoms. The van der Waals surface area contributed by atoms with Gasteiger partial charge in [-0.2, -0.15) is 5.10 Å². The lowest BCUT2D eigenvalue weighted by Crippen LogP contribution is -2.40. The molecule has 1 aromatic carbocycles. The largest absolute Gasteiger partial charge is 0.449 e. The molecule has 2 aromatic rings. The standard InChI is InChI=1S/C23H31N3O3/c1-16-9-11-20(12-10-16)15-26-18(3)21(17(2)24-26)23(28)29-19(4)22(27)25-13-7-5-6-8-14-25/h9-12,19H,5-8,13-15H2,1-4H3/t19-/m0/s1. The summed E-state index contributed by atoms with van der Waals surface area (Å²) in [4.78, 5) is 27.3. The van der Waals surface area contributed by atoms with Crippen LogP contribution in [0.3, 0.4) is 0 Å². The Morgan fingerprint density at radius 3 is 2.28 bits per heavy atom. The zero-order chi connectivity index (χ0) is 21.0. The van der Waals surface area contributed by atoms with Gasteiger partial charge >= 0.3 is 5.97 Å². The Bertz CT molecular complexity index is 862. The van der Waals surface area contributed by atoms with Crippen molar-refractivity contribution in [2.75, 3.05) is 13.1 Å². The Morgan fingerprint density at radius 2 is 1.66 bits per heavy atom. The van der Waals surface area contributed by atoms with Crippen LogP contribution in [0, 0.1) is 20.8 Å². The van der Waals surface area contributed by atoms with Gasteiger partial charge < -0.3 is 9.64 Å². The van der Waals surface area contributed by atoms with Gasteiger partial charge in [-0.25, -0.2) is 4.79 Å². The molecular formula is C23H31N3O3.